The van der Waals surface area contributed by atoms with Crippen molar-refractivity contribution in [3.63, 3.8) is 0 Å². The predicted octanol–water partition coefficient (Wildman–Crippen LogP) is 9.66. The molecule has 3 aromatic rings. The van der Waals surface area contributed by atoms with Crippen LogP contribution in [0.25, 0.3) is 0 Å². The number of hydrogen-bond donors (Lipinski definition) is 1. The lowest BCUT2D eigenvalue weighted by atomic mass is 9.43. The molecule has 0 unspecified atom stereocenters. The number of fused-ring (bicyclic) bond motifs is 7. The zero-order chi connectivity index (χ0) is 42.8. The van der Waals surface area contributed by atoms with E-state index >= 15 is 0 Å². The maximum atomic E-state index is 14.1. The van der Waals surface area contributed by atoms with Gasteiger partial charge in [0.15, 0.2) is 5.79 Å². The summed E-state index contributed by atoms with van der Waals surface area (Å²) < 4.78 is 27.4. The van der Waals surface area contributed by atoms with Gasteiger partial charge >= 0.3 is 11.9 Å². The Labute approximate surface area is 359 Å². The van der Waals surface area contributed by atoms with Crippen molar-refractivity contribution in [2.24, 2.45) is 46.3 Å². The molecule has 1 heterocycles. The van der Waals surface area contributed by atoms with Crippen molar-refractivity contribution in [1.29, 1.82) is 0 Å². The summed E-state index contributed by atoms with van der Waals surface area (Å²) >= 11 is 0. The van der Waals surface area contributed by atoms with E-state index in [1.807, 2.05) is 30.3 Å². The van der Waals surface area contributed by atoms with Gasteiger partial charge in [-0.3, -0.25) is 4.79 Å². The van der Waals surface area contributed by atoms with E-state index in [9.17, 15) is 14.7 Å². The molecular formula is C52H68O7Si. The van der Waals surface area contributed by atoms with Crippen LogP contribution in [0.5, 0.6) is 0 Å². The lowest BCUT2D eigenvalue weighted by molar-refractivity contribution is -0.213. The Morgan fingerprint density at radius 1 is 0.867 bits per heavy atom. The molecule has 4 aliphatic carbocycles. The molecule has 4 saturated carbocycles. The quantitative estimate of drug-likeness (QED) is 0.124. The largest absolute Gasteiger partial charge is 0.463 e. The number of hydrogen-bond acceptors (Lipinski definition) is 7. The first-order chi connectivity index (χ1) is 28.4. The first kappa shape index (κ1) is 43.1. The van der Waals surface area contributed by atoms with Crippen LogP contribution in [0.4, 0.5) is 0 Å². The summed E-state index contributed by atoms with van der Waals surface area (Å²) in [5.41, 5.74) is 0.974. The summed E-state index contributed by atoms with van der Waals surface area (Å²) in [7, 11) is -2.94. The molecule has 0 spiro atoms. The predicted molar refractivity (Wildman–Crippen MR) is 238 cm³/mol. The van der Waals surface area contributed by atoms with Crippen molar-refractivity contribution in [2.75, 3.05) is 0 Å². The Morgan fingerprint density at radius 2 is 1.47 bits per heavy atom. The Hall–Kier alpha value is -3.56. The molecule has 7 nitrogen and oxygen atoms in total. The van der Waals surface area contributed by atoms with E-state index < -0.39 is 25.6 Å². The molecule has 0 aromatic heterocycles. The van der Waals surface area contributed by atoms with Crippen LogP contribution in [0, 0.1) is 46.3 Å². The fourth-order valence-corrected chi connectivity index (χ4v) is 18.7. The van der Waals surface area contributed by atoms with Gasteiger partial charge in [-0.05, 0) is 108 Å². The van der Waals surface area contributed by atoms with Crippen molar-refractivity contribution in [3.05, 3.63) is 109 Å². The van der Waals surface area contributed by atoms with Crippen molar-refractivity contribution in [1.82, 2.24) is 0 Å². The summed E-state index contributed by atoms with van der Waals surface area (Å²) in [6.07, 6.45) is 5.55. The van der Waals surface area contributed by atoms with Gasteiger partial charge in [0.1, 0.15) is 12.2 Å². The smallest absolute Gasteiger partial charge is 0.338 e. The van der Waals surface area contributed by atoms with Crippen molar-refractivity contribution in [2.45, 2.75) is 142 Å². The van der Waals surface area contributed by atoms with Crippen LogP contribution >= 0.6 is 0 Å². The van der Waals surface area contributed by atoms with Crippen LogP contribution in [-0.4, -0.2) is 55.6 Å². The highest BCUT2D eigenvalue weighted by Crippen LogP contribution is 2.72. The van der Waals surface area contributed by atoms with Crippen LogP contribution in [0.2, 0.25) is 5.04 Å². The van der Waals surface area contributed by atoms with E-state index in [-0.39, 0.29) is 58.5 Å². The highest BCUT2D eigenvalue weighted by molar-refractivity contribution is 6.99. The molecule has 8 heteroatoms. The van der Waals surface area contributed by atoms with Crippen LogP contribution in [0.3, 0.4) is 0 Å². The van der Waals surface area contributed by atoms with Gasteiger partial charge < -0.3 is 23.7 Å². The average Bonchev–Trinajstić information content (AvgIpc) is 3.61. The van der Waals surface area contributed by atoms with Crippen molar-refractivity contribution < 1.29 is 33.3 Å². The second kappa shape index (κ2) is 16.0. The number of aliphatic hydroxyl groups is 1. The van der Waals surface area contributed by atoms with E-state index in [0.29, 0.717) is 36.2 Å². The average molecular weight is 833 g/mol. The van der Waals surface area contributed by atoms with Crippen LogP contribution < -0.4 is 10.4 Å². The third-order valence-electron chi connectivity index (χ3n) is 16.6. The highest BCUT2D eigenvalue weighted by Gasteiger charge is 2.74. The lowest BCUT2D eigenvalue weighted by Gasteiger charge is -2.62. The van der Waals surface area contributed by atoms with Crippen molar-refractivity contribution in [3.8, 4) is 0 Å². The van der Waals surface area contributed by atoms with E-state index in [0.717, 1.165) is 44.1 Å². The molecule has 60 heavy (non-hydrogen) atoms. The molecule has 1 saturated heterocycles. The highest BCUT2D eigenvalue weighted by atomic mass is 28.4. The van der Waals surface area contributed by atoms with Crippen LogP contribution in [0.15, 0.2) is 103 Å². The minimum absolute atomic E-state index is 0.0145. The maximum Gasteiger partial charge on any atom is 0.338 e. The first-order valence-corrected chi connectivity index (χ1v) is 24.6. The summed E-state index contributed by atoms with van der Waals surface area (Å²) in [6.45, 7) is 22.0. The topological polar surface area (TPSA) is 91.3 Å². The first-order valence-electron chi connectivity index (χ1n) is 22.7. The molecule has 3 aromatic carbocycles. The zero-order valence-corrected chi connectivity index (χ0v) is 38.2. The number of ether oxygens (including phenoxy) is 3. The molecule has 0 amide bonds. The Kier molecular flexibility index (Phi) is 11.5. The Morgan fingerprint density at radius 3 is 2.03 bits per heavy atom. The van der Waals surface area contributed by atoms with E-state index in [2.05, 4.69) is 116 Å². The minimum atomic E-state index is -2.94. The number of carbonyl (C=O) groups is 2. The monoisotopic (exact) mass is 832 g/mol. The molecule has 322 valence electrons. The van der Waals surface area contributed by atoms with E-state index in [1.54, 1.807) is 0 Å². The molecule has 8 rings (SSSR count). The SMILES string of the molecule is C=C(C)[C@@H](C[C@H]1O[C@@]2(O)C[C@H]3[C@@H]4CC[C@H]5C[C@@H](OC(C)=O)CC[C@]5(C)[C@H]4C[C@@H](OC(=O)c4ccccc4)[C@]3(C)[C@H]2[C@@H]1C)O[Si](c1ccccc1)(c1ccccc1)C(C)(C)C. The molecule has 0 bridgehead atoms. The van der Waals surface area contributed by atoms with Crippen LogP contribution in [0.1, 0.15) is 117 Å². The van der Waals surface area contributed by atoms with Gasteiger partial charge in [-0.2, -0.15) is 0 Å². The summed E-state index contributed by atoms with van der Waals surface area (Å²) in [5.74, 6) is -0.995. The molecule has 5 fully saturated rings. The fourth-order valence-electron chi connectivity index (χ4n) is 13.9. The zero-order valence-electron chi connectivity index (χ0n) is 37.2. The van der Waals surface area contributed by atoms with Gasteiger partial charge in [0.2, 0.25) is 0 Å². The molecular weight excluding hydrogens is 765 g/mol. The number of carbonyl (C=O) groups excluding carboxylic acids is 2. The van der Waals surface area contributed by atoms with E-state index in [1.165, 1.54) is 17.3 Å². The van der Waals surface area contributed by atoms with Gasteiger partial charge in [0.25, 0.3) is 8.32 Å². The fraction of sp³-hybridized carbons (Fsp3) is 0.577. The van der Waals surface area contributed by atoms with Gasteiger partial charge in [0.05, 0.1) is 17.8 Å². The molecule has 13 atom stereocenters. The lowest BCUT2D eigenvalue weighted by Crippen LogP contribution is -2.68. The van der Waals surface area contributed by atoms with Crippen LogP contribution in [-0.2, 0) is 23.4 Å². The van der Waals surface area contributed by atoms with Gasteiger partial charge in [0, 0.05) is 31.1 Å². The third-order valence-corrected chi connectivity index (χ3v) is 21.7. The summed E-state index contributed by atoms with van der Waals surface area (Å²) in [5, 5.41) is 15.3. The molecule has 1 N–H and O–H groups in total. The van der Waals surface area contributed by atoms with Gasteiger partial charge in [-0.25, -0.2) is 4.79 Å². The third kappa shape index (κ3) is 7.15. The van der Waals surface area contributed by atoms with Crippen molar-refractivity contribution >= 4 is 30.6 Å². The minimum Gasteiger partial charge on any atom is -0.463 e. The molecule has 0 radical (unpaired) electrons. The second-order valence-electron chi connectivity index (χ2n) is 20.9. The normalized spacial score (nSPS) is 36.5. The maximum absolute atomic E-state index is 14.1. The van der Waals surface area contributed by atoms with E-state index in [4.69, 9.17) is 18.6 Å². The Bertz CT molecular complexity index is 1990. The second-order valence-corrected chi connectivity index (χ2v) is 25.2. The Balaban J connectivity index is 1.12. The number of esters is 2. The summed E-state index contributed by atoms with van der Waals surface area (Å²) in [6, 6.07) is 30.8. The number of benzene rings is 3. The number of rotatable bonds is 10. The standard InChI is InChI=1S/C52H68O7Si/c1-33(2)44(59-60(49(5,6)7,39-21-15-11-16-22-39)40-23-17-12-18-24-40)31-45-34(3)47-51(9)43(32-52(47,55)58-45)41-26-25-37-29-38(56-35(4)53)27-28-50(37,8)42(41)30-46(51)57-48(54)36-19-13-10-14-20-36/h10-24,34,37-38,41-47,55H,1,25-32H2,2-9H3/t34-,37+,38+,41-,42+,43+,44-,45-,46-,47-,50+,51-,52+/m1/s1. The van der Waals surface area contributed by atoms with Gasteiger partial charge in [-0.15, -0.1) is 0 Å². The molecule has 5 aliphatic rings. The molecule has 1 aliphatic heterocycles. The summed E-state index contributed by atoms with van der Waals surface area (Å²) in [4.78, 5) is 26.1. The van der Waals surface area contributed by atoms with Gasteiger partial charge in [-0.1, -0.05) is 133 Å².